The van der Waals surface area contributed by atoms with E-state index < -0.39 is 55.1 Å². The van der Waals surface area contributed by atoms with Crippen LogP contribution in [0, 0.1) is 0 Å². The number of rotatable bonds is 10. The molecule has 4 nitrogen and oxygen atoms in total. The first-order chi connectivity index (χ1) is 18.8. The molecular formula is C26H20F11NO3. The van der Waals surface area contributed by atoms with Crippen LogP contribution in [0.2, 0.25) is 0 Å². The highest BCUT2D eigenvalue weighted by atomic mass is 19.4. The molecule has 3 rings (SSSR count). The van der Waals surface area contributed by atoms with E-state index in [0.29, 0.717) is 12.1 Å². The quantitative estimate of drug-likeness (QED) is 0.241. The van der Waals surface area contributed by atoms with Crippen molar-refractivity contribution < 1.29 is 62.9 Å². The first-order valence-electron chi connectivity index (χ1n) is 11.5. The van der Waals surface area contributed by atoms with Gasteiger partial charge in [0, 0.05) is 23.9 Å². The first-order valence-corrected chi connectivity index (χ1v) is 11.5. The molecule has 0 aliphatic carbocycles. The summed E-state index contributed by atoms with van der Waals surface area (Å²) in [6.07, 6.45) is -18.8. The SMILES string of the molecule is O[C@H](CN(Cc1cccc(C(F)(F)C(F)(F)F)c1)c1cccc(OCc2cccc(OC(F)(F)F)c2)c1)C(F)(F)F. The molecule has 0 bridgehead atoms. The van der Waals surface area contributed by atoms with E-state index >= 15 is 0 Å². The van der Waals surface area contributed by atoms with Gasteiger partial charge in [-0.1, -0.05) is 36.4 Å². The van der Waals surface area contributed by atoms with Crippen molar-refractivity contribution in [1.29, 1.82) is 0 Å². The minimum absolute atomic E-state index is 0.0218. The van der Waals surface area contributed by atoms with Gasteiger partial charge in [0.15, 0.2) is 6.10 Å². The number of nitrogens with zero attached hydrogens (tertiary/aromatic N) is 1. The highest BCUT2D eigenvalue weighted by Gasteiger charge is 2.58. The van der Waals surface area contributed by atoms with E-state index in [4.69, 9.17) is 4.74 Å². The average molecular weight is 603 g/mol. The van der Waals surface area contributed by atoms with Crippen LogP contribution in [0.3, 0.4) is 0 Å². The Kier molecular flexibility index (Phi) is 9.30. The van der Waals surface area contributed by atoms with Crippen LogP contribution in [0.5, 0.6) is 11.5 Å². The highest BCUT2D eigenvalue weighted by Crippen LogP contribution is 2.44. The molecule has 0 fully saturated rings. The number of aliphatic hydroxyl groups is 1. The topological polar surface area (TPSA) is 41.9 Å². The summed E-state index contributed by atoms with van der Waals surface area (Å²) in [6, 6.07) is 13.0. The maximum Gasteiger partial charge on any atom is 0.573 e. The van der Waals surface area contributed by atoms with Crippen molar-refractivity contribution in [2.24, 2.45) is 0 Å². The van der Waals surface area contributed by atoms with Gasteiger partial charge < -0.3 is 19.5 Å². The van der Waals surface area contributed by atoms with Crippen molar-refractivity contribution in [3.8, 4) is 11.5 Å². The fourth-order valence-corrected chi connectivity index (χ4v) is 3.59. The zero-order chi connectivity index (χ0) is 30.6. The Hall–Kier alpha value is -3.75. The molecule has 3 aromatic rings. The Morgan fingerprint density at radius 1 is 0.707 bits per heavy atom. The van der Waals surface area contributed by atoms with Crippen LogP contribution in [-0.2, 0) is 19.1 Å². The van der Waals surface area contributed by atoms with Gasteiger partial charge in [-0.25, -0.2) is 0 Å². The van der Waals surface area contributed by atoms with E-state index in [-0.39, 0.29) is 29.2 Å². The van der Waals surface area contributed by atoms with Crippen molar-refractivity contribution in [3.63, 3.8) is 0 Å². The zero-order valence-electron chi connectivity index (χ0n) is 20.5. The summed E-state index contributed by atoms with van der Waals surface area (Å²) in [4.78, 5) is 0.896. The zero-order valence-corrected chi connectivity index (χ0v) is 20.5. The molecule has 0 aromatic heterocycles. The predicted molar refractivity (Wildman–Crippen MR) is 123 cm³/mol. The van der Waals surface area contributed by atoms with Gasteiger partial charge in [-0.2, -0.15) is 35.1 Å². The Morgan fingerprint density at radius 3 is 1.95 bits per heavy atom. The van der Waals surface area contributed by atoms with E-state index in [1.165, 1.54) is 36.4 Å². The standard InChI is InChI=1S/C26H20F11NO3/c27-23(28,25(32,33)34)18-6-1-4-16(10-18)13-38(14-22(39)24(29,30)31)19-7-3-8-20(12-19)40-15-17-5-2-9-21(11-17)41-26(35,36)37/h1-12,22,39H,13-15H2/t22-/m1/s1. The lowest BCUT2D eigenvalue weighted by molar-refractivity contribution is -0.289. The van der Waals surface area contributed by atoms with Gasteiger partial charge in [0.1, 0.15) is 18.1 Å². The molecule has 41 heavy (non-hydrogen) atoms. The first kappa shape index (κ1) is 31.8. The van der Waals surface area contributed by atoms with Gasteiger partial charge in [-0.05, 0) is 41.5 Å². The molecule has 0 heterocycles. The lowest BCUT2D eigenvalue weighted by Crippen LogP contribution is -2.41. The number of hydrogen-bond acceptors (Lipinski definition) is 4. The molecule has 0 unspecified atom stereocenters. The minimum atomic E-state index is -5.91. The maximum absolute atomic E-state index is 13.8. The number of anilines is 1. The van der Waals surface area contributed by atoms with Crippen molar-refractivity contribution >= 4 is 5.69 Å². The van der Waals surface area contributed by atoms with Crippen molar-refractivity contribution in [2.75, 3.05) is 11.4 Å². The molecular weight excluding hydrogens is 583 g/mol. The third kappa shape index (κ3) is 8.87. The fraction of sp³-hybridized carbons (Fsp3) is 0.308. The second-order valence-corrected chi connectivity index (χ2v) is 8.69. The number of alkyl halides is 11. The van der Waals surface area contributed by atoms with Crippen LogP contribution < -0.4 is 14.4 Å². The summed E-state index contributed by atoms with van der Waals surface area (Å²) < 4.78 is 152. The molecule has 0 amide bonds. The molecule has 15 heteroatoms. The van der Waals surface area contributed by atoms with Gasteiger partial charge >= 0.3 is 24.6 Å². The smallest absolute Gasteiger partial charge is 0.489 e. The van der Waals surface area contributed by atoms with Gasteiger partial charge in [-0.3, -0.25) is 0 Å². The molecule has 0 saturated carbocycles. The number of hydrogen-bond donors (Lipinski definition) is 1. The number of benzene rings is 3. The normalized spacial score (nSPS) is 13.6. The Morgan fingerprint density at radius 2 is 1.32 bits per heavy atom. The van der Waals surface area contributed by atoms with E-state index in [2.05, 4.69) is 4.74 Å². The number of halogens is 11. The van der Waals surface area contributed by atoms with Crippen LogP contribution in [0.4, 0.5) is 54.0 Å². The minimum Gasteiger partial charge on any atom is -0.489 e. The summed E-state index contributed by atoms with van der Waals surface area (Å²) in [5, 5.41) is 9.66. The summed E-state index contributed by atoms with van der Waals surface area (Å²) in [5.41, 5.74) is -1.43. The highest BCUT2D eigenvalue weighted by molar-refractivity contribution is 5.51. The van der Waals surface area contributed by atoms with E-state index in [1.807, 2.05) is 0 Å². The summed E-state index contributed by atoms with van der Waals surface area (Å²) >= 11 is 0. The molecule has 1 atom stereocenters. The molecule has 224 valence electrons. The van der Waals surface area contributed by atoms with Gasteiger partial charge in [0.2, 0.25) is 0 Å². The van der Waals surface area contributed by atoms with Gasteiger partial charge in [0.05, 0.1) is 6.54 Å². The van der Waals surface area contributed by atoms with Crippen LogP contribution in [-0.4, -0.2) is 36.5 Å². The Labute approximate surface area is 225 Å². The van der Waals surface area contributed by atoms with Crippen LogP contribution in [0.1, 0.15) is 16.7 Å². The molecule has 0 aliphatic rings. The fourth-order valence-electron chi connectivity index (χ4n) is 3.59. The molecule has 0 aliphatic heterocycles. The van der Waals surface area contributed by atoms with Crippen molar-refractivity contribution in [1.82, 2.24) is 0 Å². The molecule has 0 radical (unpaired) electrons. The lowest BCUT2D eigenvalue weighted by Gasteiger charge is -2.29. The number of aliphatic hydroxyl groups excluding tert-OH is 1. The largest absolute Gasteiger partial charge is 0.573 e. The predicted octanol–water partition coefficient (Wildman–Crippen LogP) is 7.75. The molecule has 1 N–H and O–H groups in total. The lowest BCUT2D eigenvalue weighted by atomic mass is 10.0. The summed E-state index contributed by atoms with van der Waals surface area (Å²) in [5.74, 6) is -5.72. The molecule has 3 aromatic carbocycles. The van der Waals surface area contributed by atoms with Crippen LogP contribution >= 0.6 is 0 Å². The van der Waals surface area contributed by atoms with E-state index in [0.717, 1.165) is 29.2 Å². The second-order valence-electron chi connectivity index (χ2n) is 8.69. The molecule has 0 spiro atoms. The third-order valence-corrected chi connectivity index (χ3v) is 5.51. The van der Waals surface area contributed by atoms with Gasteiger partial charge in [0.25, 0.3) is 0 Å². The average Bonchev–Trinajstić information content (AvgIpc) is 2.85. The second kappa shape index (κ2) is 12.0. The number of ether oxygens (including phenoxy) is 2. The van der Waals surface area contributed by atoms with Crippen LogP contribution in [0.15, 0.2) is 72.8 Å². The van der Waals surface area contributed by atoms with Crippen LogP contribution in [0.25, 0.3) is 0 Å². The maximum atomic E-state index is 13.8. The Bertz CT molecular complexity index is 1310. The van der Waals surface area contributed by atoms with E-state index in [1.54, 1.807) is 0 Å². The van der Waals surface area contributed by atoms with Crippen molar-refractivity contribution in [2.45, 2.75) is 43.9 Å². The monoisotopic (exact) mass is 603 g/mol. The Balaban J connectivity index is 1.86. The summed E-state index contributed by atoms with van der Waals surface area (Å²) in [6.45, 7) is -2.03. The summed E-state index contributed by atoms with van der Waals surface area (Å²) in [7, 11) is 0. The molecule has 0 saturated heterocycles. The van der Waals surface area contributed by atoms with E-state index in [9.17, 15) is 53.4 Å². The third-order valence-electron chi connectivity index (χ3n) is 5.51. The van der Waals surface area contributed by atoms with Crippen molar-refractivity contribution in [3.05, 3.63) is 89.5 Å². The van der Waals surface area contributed by atoms with Gasteiger partial charge in [-0.15, -0.1) is 13.2 Å².